The second-order valence-electron chi connectivity index (χ2n) is 9.70. The number of fused-ring (bicyclic) bond motifs is 4. The van der Waals surface area contributed by atoms with E-state index in [9.17, 15) is 19.1 Å². The Balaban J connectivity index is 1.59. The Morgan fingerprint density at radius 2 is 1.91 bits per heavy atom. The SMILES string of the molecule is COc1ccc2c3c([nH]c2c1)[C@H](CO)N(C(=O)c1ccc(F)cc1)CC31CN(C(=O)NC(C)C)C1. The van der Waals surface area contributed by atoms with E-state index in [4.69, 9.17) is 4.74 Å². The first-order valence-electron chi connectivity index (χ1n) is 11.7. The highest BCUT2D eigenvalue weighted by molar-refractivity contribution is 5.96. The van der Waals surface area contributed by atoms with Crippen molar-refractivity contribution in [2.45, 2.75) is 31.3 Å². The molecule has 2 aliphatic heterocycles. The van der Waals surface area contributed by atoms with Gasteiger partial charge in [0.05, 0.1) is 25.2 Å². The number of hydrogen-bond donors (Lipinski definition) is 3. The van der Waals surface area contributed by atoms with E-state index >= 15 is 0 Å². The van der Waals surface area contributed by atoms with Gasteiger partial charge in [-0.1, -0.05) is 0 Å². The monoisotopic (exact) mass is 480 g/mol. The molecule has 0 unspecified atom stereocenters. The summed E-state index contributed by atoms with van der Waals surface area (Å²) >= 11 is 0. The number of nitrogens with zero attached hydrogens (tertiary/aromatic N) is 2. The molecule has 5 rings (SSSR count). The molecule has 3 heterocycles. The van der Waals surface area contributed by atoms with Gasteiger partial charge in [0.1, 0.15) is 11.6 Å². The van der Waals surface area contributed by atoms with Gasteiger partial charge in [-0.25, -0.2) is 9.18 Å². The van der Waals surface area contributed by atoms with E-state index in [1.54, 1.807) is 16.9 Å². The van der Waals surface area contributed by atoms with Crippen LogP contribution in [0.4, 0.5) is 9.18 Å². The minimum Gasteiger partial charge on any atom is -0.497 e. The largest absolute Gasteiger partial charge is 0.497 e. The highest BCUT2D eigenvalue weighted by atomic mass is 19.1. The third-order valence-corrected chi connectivity index (χ3v) is 6.96. The second-order valence-corrected chi connectivity index (χ2v) is 9.70. The molecule has 9 heteroatoms. The highest BCUT2D eigenvalue weighted by Crippen LogP contribution is 2.48. The van der Waals surface area contributed by atoms with Crippen LogP contribution in [0.25, 0.3) is 10.9 Å². The molecule has 1 saturated heterocycles. The number of methoxy groups -OCH3 is 1. The minimum absolute atomic E-state index is 0.0110. The Bertz CT molecular complexity index is 1280. The van der Waals surface area contributed by atoms with Crippen LogP contribution in [-0.2, 0) is 5.41 Å². The summed E-state index contributed by atoms with van der Waals surface area (Å²) in [6, 6.07) is 10.4. The van der Waals surface area contributed by atoms with Crippen molar-refractivity contribution >= 4 is 22.8 Å². The molecule has 0 radical (unpaired) electrons. The molecule has 3 N–H and O–H groups in total. The van der Waals surface area contributed by atoms with Gasteiger partial charge in [-0.15, -0.1) is 0 Å². The quantitative estimate of drug-likeness (QED) is 0.534. The Hall–Kier alpha value is -3.59. The summed E-state index contributed by atoms with van der Waals surface area (Å²) in [5.41, 5.74) is 2.45. The van der Waals surface area contributed by atoms with Crippen molar-refractivity contribution in [3.8, 4) is 5.75 Å². The molecule has 184 valence electrons. The van der Waals surface area contributed by atoms with Crippen LogP contribution in [0.2, 0.25) is 0 Å². The molecule has 1 fully saturated rings. The van der Waals surface area contributed by atoms with Gasteiger partial charge >= 0.3 is 6.03 Å². The molecule has 1 aromatic heterocycles. The molecule has 0 saturated carbocycles. The number of rotatable bonds is 4. The van der Waals surface area contributed by atoms with E-state index in [1.165, 1.54) is 24.3 Å². The van der Waals surface area contributed by atoms with Crippen LogP contribution in [0, 0.1) is 5.82 Å². The van der Waals surface area contributed by atoms with Gasteiger partial charge in [-0.3, -0.25) is 4.79 Å². The molecule has 1 spiro atoms. The van der Waals surface area contributed by atoms with Crippen LogP contribution >= 0.6 is 0 Å². The van der Waals surface area contributed by atoms with Crippen LogP contribution in [0.15, 0.2) is 42.5 Å². The molecule has 1 atom stereocenters. The Kier molecular flexibility index (Phi) is 5.67. The summed E-state index contributed by atoms with van der Waals surface area (Å²) in [4.78, 5) is 33.0. The minimum atomic E-state index is -0.606. The van der Waals surface area contributed by atoms with E-state index in [1.807, 2.05) is 32.0 Å². The van der Waals surface area contributed by atoms with Gasteiger partial charge in [0, 0.05) is 53.9 Å². The summed E-state index contributed by atoms with van der Waals surface area (Å²) in [5, 5.41) is 14.3. The number of carbonyl (C=O) groups is 2. The van der Waals surface area contributed by atoms with Crippen LogP contribution in [0.3, 0.4) is 0 Å². The highest BCUT2D eigenvalue weighted by Gasteiger charge is 2.55. The van der Waals surface area contributed by atoms with Crippen molar-refractivity contribution in [2.24, 2.45) is 0 Å². The Morgan fingerprint density at radius 3 is 2.54 bits per heavy atom. The molecule has 3 aromatic rings. The molecular weight excluding hydrogens is 451 g/mol. The van der Waals surface area contributed by atoms with Gasteiger partial charge in [0.25, 0.3) is 5.91 Å². The van der Waals surface area contributed by atoms with Crippen LogP contribution in [0.1, 0.15) is 41.5 Å². The number of benzene rings is 2. The standard InChI is InChI=1S/C26H29FN4O4/c1-15(2)28-25(34)30-12-26(13-30)14-31(24(33)16-4-6-17(27)7-5-16)21(11-32)23-22(26)19-9-8-18(35-3)10-20(19)29-23/h4-10,15,21,29,32H,11-14H2,1-3H3,(H,28,34)/t21-/m0/s1. The van der Waals surface area contributed by atoms with Crippen molar-refractivity contribution < 1.29 is 23.8 Å². The van der Waals surface area contributed by atoms with Crippen LogP contribution in [0.5, 0.6) is 5.75 Å². The van der Waals surface area contributed by atoms with Crippen molar-refractivity contribution in [3.63, 3.8) is 0 Å². The molecule has 2 aliphatic rings. The van der Waals surface area contributed by atoms with Gasteiger partial charge in [-0.2, -0.15) is 0 Å². The maximum atomic E-state index is 13.6. The first kappa shape index (κ1) is 23.2. The fraction of sp³-hybridized carbons (Fsp3) is 0.385. The number of amides is 3. The lowest BCUT2D eigenvalue weighted by Gasteiger charge is -2.56. The maximum absolute atomic E-state index is 13.6. The lowest BCUT2D eigenvalue weighted by Crippen LogP contribution is -2.69. The van der Waals surface area contributed by atoms with E-state index in [0.717, 1.165) is 22.2 Å². The lowest BCUT2D eigenvalue weighted by atomic mass is 9.68. The molecule has 0 bridgehead atoms. The summed E-state index contributed by atoms with van der Waals surface area (Å²) in [6.45, 7) is 4.73. The zero-order valence-corrected chi connectivity index (χ0v) is 20.0. The van der Waals surface area contributed by atoms with E-state index in [0.29, 0.717) is 30.9 Å². The van der Waals surface area contributed by atoms with Gasteiger partial charge in [0.2, 0.25) is 0 Å². The van der Waals surface area contributed by atoms with Gasteiger partial charge < -0.3 is 29.9 Å². The first-order valence-corrected chi connectivity index (χ1v) is 11.7. The number of halogens is 1. The van der Waals surface area contributed by atoms with Crippen molar-refractivity contribution in [1.29, 1.82) is 0 Å². The van der Waals surface area contributed by atoms with Gasteiger partial charge in [-0.05, 0) is 55.8 Å². The number of H-pyrrole nitrogens is 1. The van der Waals surface area contributed by atoms with E-state index < -0.39 is 17.3 Å². The molecule has 2 aromatic carbocycles. The van der Waals surface area contributed by atoms with Crippen molar-refractivity contribution in [2.75, 3.05) is 33.4 Å². The van der Waals surface area contributed by atoms with Crippen molar-refractivity contribution in [3.05, 3.63) is 65.1 Å². The third-order valence-electron chi connectivity index (χ3n) is 6.96. The molecule has 0 aliphatic carbocycles. The van der Waals surface area contributed by atoms with E-state index in [-0.39, 0.29) is 24.6 Å². The zero-order chi connectivity index (χ0) is 24.9. The average Bonchev–Trinajstić information content (AvgIpc) is 3.20. The molecule has 8 nitrogen and oxygen atoms in total. The summed E-state index contributed by atoms with van der Waals surface area (Å²) in [7, 11) is 1.60. The Morgan fingerprint density at radius 1 is 1.20 bits per heavy atom. The number of urea groups is 1. The van der Waals surface area contributed by atoms with Crippen LogP contribution < -0.4 is 10.1 Å². The fourth-order valence-corrected chi connectivity index (χ4v) is 5.40. The normalized spacial score (nSPS) is 18.5. The van der Waals surface area contributed by atoms with E-state index in [2.05, 4.69) is 10.3 Å². The number of likely N-dealkylation sites (tertiary alicyclic amines) is 1. The topological polar surface area (TPSA) is 97.9 Å². The first-order chi connectivity index (χ1) is 16.8. The summed E-state index contributed by atoms with van der Waals surface area (Å²) in [5.74, 6) is -0.0279. The number of aromatic nitrogens is 1. The predicted octanol–water partition coefficient (Wildman–Crippen LogP) is 3.18. The van der Waals surface area contributed by atoms with Gasteiger partial charge in [0.15, 0.2) is 0 Å². The number of aliphatic hydroxyl groups excluding tert-OH is 1. The molecule has 3 amide bonds. The molecule has 35 heavy (non-hydrogen) atoms. The molecular formula is C26H29FN4O4. The smallest absolute Gasteiger partial charge is 0.317 e. The number of ether oxygens (including phenoxy) is 1. The third kappa shape index (κ3) is 3.80. The average molecular weight is 481 g/mol. The lowest BCUT2D eigenvalue weighted by molar-refractivity contribution is 0.0138. The number of hydrogen-bond acceptors (Lipinski definition) is 4. The second kappa shape index (κ2) is 8.57. The zero-order valence-electron chi connectivity index (χ0n) is 20.0. The maximum Gasteiger partial charge on any atom is 0.317 e. The number of carbonyl (C=O) groups excluding carboxylic acids is 2. The van der Waals surface area contributed by atoms with Crippen molar-refractivity contribution in [1.82, 2.24) is 20.1 Å². The van der Waals surface area contributed by atoms with Crippen LogP contribution in [-0.4, -0.2) is 71.2 Å². The number of nitrogens with one attached hydrogen (secondary N) is 2. The Labute approximate surface area is 202 Å². The predicted molar refractivity (Wildman–Crippen MR) is 129 cm³/mol. The summed E-state index contributed by atoms with van der Waals surface area (Å²) in [6.07, 6.45) is 0. The summed E-state index contributed by atoms with van der Waals surface area (Å²) < 4.78 is 18.9. The number of aromatic amines is 1. The number of aliphatic hydroxyl groups is 1. The fourth-order valence-electron chi connectivity index (χ4n) is 5.40.